The van der Waals surface area contributed by atoms with Gasteiger partial charge in [-0.15, -0.1) is 11.3 Å². The van der Waals surface area contributed by atoms with Gasteiger partial charge in [-0.2, -0.15) is 39.0 Å². The van der Waals surface area contributed by atoms with Crippen LogP contribution in [-0.4, -0.2) is 16.1 Å². The van der Waals surface area contributed by atoms with Crippen molar-refractivity contribution in [1.29, 1.82) is 0 Å². The van der Waals surface area contributed by atoms with E-state index in [-0.39, 0.29) is 10.6 Å². The number of halogens is 6. The predicted molar refractivity (Wildman–Crippen MR) is 68.1 cm³/mol. The lowest BCUT2D eigenvalue weighted by Crippen LogP contribution is -2.18. The first-order valence-electron chi connectivity index (χ1n) is 5.34. The maximum atomic E-state index is 12.9. The molecule has 1 unspecified atom stereocenters. The van der Waals surface area contributed by atoms with Crippen molar-refractivity contribution in [1.82, 2.24) is 9.97 Å². The van der Waals surface area contributed by atoms with Crippen LogP contribution in [0.15, 0.2) is 24.5 Å². The van der Waals surface area contributed by atoms with Gasteiger partial charge >= 0.3 is 12.4 Å². The van der Waals surface area contributed by atoms with Crippen LogP contribution in [0.1, 0.15) is 15.8 Å². The highest BCUT2D eigenvalue weighted by molar-refractivity contribution is 7.80. The third kappa shape index (κ3) is 3.49. The summed E-state index contributed by atoms with van der Waals surface area (Å²) in [5, 5.41) is -2.73. The molecule has 0 aliphatic rings. The molecule has 2 aromatic rings. The van der Waals surface area contributed by atoms with Gasteiger partial charge in [-0.1, -0.05) is 0 Å². The fraction of sp³-hybridized carbons (Fsp3) is 0.273. The predicted octanol–water partition coefficient (Wildman–Crippen LogP) is 4.76. The average molecular weight is 344 g/mol. The van der Waals surface area contributed by atoms with Crippen LogP contribution in [0.5, 0.6) is 0 Å². The van der Waals surface area contributed by atoms with Gasteiger partial charge in [0.1, 0.15) is 10.3 Å². The maximum absolute atomic E-state index is 12.9. The standard InChI is InChI=1S/C11H6F6N2S2/c12-10(13,14)7-6(8(20)11(15,16)17)21-9(19-7)5-2-1-3-18-4-5/h1-4,8,20H. The number of thiol groups is 1. The van der Waals surface area contributed by atoms with Crippen LogP contribution < -0.4 is 0 Å². The Morgan fingerprint density at radius 3 is 2.29 bits per heavy atom. The normalized spacial score (nSPS) is 14.2. The molecule has 0 radical (unpaired) electrons. The number of nitrogens with zero attached hydrogens (tertiary/aromatic N) is 2. The average Bonchev–Trinajstić information content (AvgIpc) is 2.82. The summed E-state index contributed by atoms with van der Waals surface area (Å²) in [5.41, 5.74) is -1.36. The Hall–Kier alpha value is -1.29. The molecule has 0 saturated carbocycles. The summed E-state index contributed by atoms with van der Waals surface area (Å²) in [6.45, 7) is 0. The summed E-state index contributed by atoms with van der Waals surface area (Å²) in [5.74, 6) is 0. The van der Waals surface area contributed by atoms with E-state index in [1.165, 1.54) is 24.5 Å². The number of rotatable bonds is 2. The van der Waals surface area contributed by atoms with Gasteiger partial charge in [-0.05, 0) is 12.1 Å². The molecule has 0 amide bonds. The largest absolute Gasteiger partial charge is 0.434 e. The van der Waals surface area contributed by atoms with Crippen molar-refractivity contribution in [3.8, 4) is 10.6 Å². The first kappa shape index (κ1) is 16.1. The number of alkyl halides is 6. The molecule has 21 heavy (non-hydrogen) atoms. The Morgan fingerprint density at radius 1 is 1.14 bits per heavy atom. The Labute approximate surface area is 124 Å². The van der Waals surface area contributed by atoms with E-state index in [2.05, 4.69) is 22.6 Å². The van der Waals surface area contributed by atoms with E-state index in [1.54, 1.807) is 0 Å². The minimum absolute atomic E-state index is 0.186. The van der Waals surface area contributed by atoms with Crippen LogP contribution >= 0.6 is 24.0 Å². The molecule has 0 fully saturated rings. The number of hydrogen-bond acceptors (Lipinski definition) is 4. The zero-order chi connectivity index (χ0) is 15.8. The summed E-state index contributed by atoms with van der Waals surface area (Å²) in [7, 11) is 0. The zero-order valence-corrected chi connectivity index (χ0v) is 11.6. The molecule has 0 aromatic carbocycles. The zero-order valence-electron chi connectivity index (χ0n) is 9.90. The molecule has 2 aromatic heterocycles. The van der Waals surface area contributed by atoms with Crippen molar-refractivity contribution in [3.63, 3.8) is 0 Å². The molecule has 2 heterocycles. The van der Waals surface area contributed by atoms with E-state index in [9.17, 15) is 26.3 Å². The summed E-state index contributed by atoms with van der Waals surface area (Å²) in [4.78, 5) is 6.02. The second-order valence-corrected chi connectivity index (χ2v) is 5.46. The first-order valence-corrected chi connectivity index (χ1v) is 6.67. The Balaban J connectivity index is 2.56. The molecule has 0 N–H and O–H groups in total. The third-order valence-corrected chi connectivity index (χ3v) is 4.28. The third-order valence-electron chi connectivity index (χ3n) is 2.39. The van der Waals surface area contributed by atoms with Crippen LogP contribution in [0.4, 0.5) is 26.3 Å². The van der Waals surface area contributed by atoms with Crippen molar-refractivity contribution >= 4 is 24.0 Å². The highest BCUT2D eigenvalue weighted by Crippen LogP contribution is 2.47. The van der Waals surface area contributed by atoms with Gasteiger partial charge in [0, 0.05) is 18.0 Å². The lowest BCUT2D eigenvalue weighted by molar-refractivity contribution is -0.146. The summed E-state index contributed by atoms with van der Waals surface area (Å²) in [6.07, 6.45) is -7.27. The van der Waals surface area contributed by atoms with Crippen LogP contribution in [0.3, 0.4) is 0 Å². The van der Waals surface area contributed by atoms with Gasteiger partial charge in [0.05, 0.1) is 4.88 Å². The molecule has 0 aliphatic carbocycles. The Bertz CT molecular complexity index is 620. The quantitative estimate of drug-likeness (QED) is 0.628. The number of aromatic nitrogens is 2. The second-order valence-electron chi connectivity index (χ2n) is 3.92. The summed E-state index contributed by atoms with van der Waals surface area (Å²) < 4.78 is 76.5. The molecule has 0 saturated heterocycles. The summed E-state index contributed by atoms with van der Waals surface area (Å²) >= 11 is 3.56. The van der Waals surface area contributed by atoms with E-state index in [0.29, 0.717) is 11.3 Å². The van der Waals surface area contributed by atoms with Gasteiger partial charge in [-0.25, -0.2) is 4.98 Å². The fourth-order valence-corrected chi connectivity index (χ4v) is 2.85. The molecular formula is C11H6F6N2S2. The van der Waals surface area contributed by atoms with E-state index < -0.39 is 28.2 Å². The number of thiazole rings is 1. The molecule has 1 atom stereocenters. The molecule has 0 bridgehead atoms. The molecule has 114 valence electrons. The lowest BCUT2D eigenvalue weighted by atomic mass is 10.2. The van der Waals surface area contributed by atoms with Crippen LogP contribution in [0.2, 0.25) is 0 Å². The maximum Gasteiger partial charge on any atom is 0.434 e. The highest BCUT2D eigenvalue weighted by atomic mass is 32.1. The molecular weight excluding hydrogens is 338 g/mol. The van der Waals surface area contributed by atoms with Crippen LogP contribution in [0, 0.1) is 0 Å². The van der Waals surface area contributed by atoms with E-state index >= 15 is 0 Å². The molecule has 2 nitrogen and oxygen atoms in total. The Kier molecular flexibility index (Phi) is 4.20. The van der Waals surface area contributed by atoms with Gasteiger partial charge in [0.15, 0.2) is 5.69 Å². The van der Waals surface area contributed by atoms with Crippen molar-refractivity contribution in [2.75, 3.05) is 0 Å². The SMILES string of the molecule is FC(F)(F)c1nc(-c2cccnc2)sc1C(S)C(F)(F)F. The summed E-state index contributed by atoms with van der Waals surface area (Å²) in [6, 6.07) is 2.86. The molecule has 0 aliphatic heterocycles. The minimum Gasteiger partial charge on any atom is -0.264 e. The minimum atomic E-state index is -4.99. The monoisotopic (exact) mass is 344 g/mol. The Morgan fingerprint density at radius 2 is 1.81 bits per heavy atom. The van der Waals surface area contributed by atoms with Crippen LogP contribution in [0.25, 0.3) is 10.6 Å². The number of hydrogen-bond donors (Lipinski definition) is 1. The van der Waals surface area contributed by atoms with Crippen molar-refractivity contribution in [3.05, 3.63) is 35.1 Å². The van der Waals surface area contributed by atoms with Gasteiger partial charge in [0.25, 0.3) is 0 Å². The van der Waals surface area contributed by atoms with Gasteiger partial charge in [0.2, 0.25) is 0 Å². The topological polar surface area (TPSA) is 25.8 Å². The first-order chi connectivity index (χ1) is 9.60. The van der Waals surface area contributed by atoms with Crippen molar-refractivity contribution < 1.29 is 26.3 Å². The smallest absolute Gasteiger partial charge is 0.264 e. The highest BCUT2D eigenvalue weighted by Gasteiger charge is 2.46. The molecule has 10 heteroatoms. The van der Waals surface area contributed by atoms with E-state index in [0.717, 1.165) is 0 Å². The number of pyridine rings is 1. The fourth-order valence-electron chi connectivity index (χ4n) is 1.48. The van der Waals surface area contributed by atoms with Crippen LogP contribution in [-0.2, 0) is 6.18 Å². The van der Waals surface area contributed by atoms with E-state index in [1.807, 2.05) is 0 Å². The van der Waals surface area contributed by atoms with Crippen molar-refractivity contribution in [2.24, 2.45) is 0 Å². The molecule has 2 rings (SSSR count). The second kappa shape index (κ2) is 5.48. The van der Waals surface area contributed by atoms with Gasteiger partial charge in [-0.3, -0.25) is 4.98 Å². The van der Waals surface area contributed by atoms with Gasteiger partial charge < -0.3 is 0 Å². The van der Waals surface area contributed by atoms with E-state index in [4.69, 9.17) is 0 Å². The van der Waals surface area contributed by atoms with Crippen molar-refractivity contribution in [2.45, 2.75) is 17.6 Å². The molecule has 0 spiro atoms. The lowest BCUT2D eigenvalue weighted by Gasteiger charge is -2.15.